The van der Waals surface area contributed by atoms with E-state index in [1.807, 2.05) is 22.6 Å². The zero-order valence-electron chi connectivity index (χ0n) is 8.89. The van der Waals surface area contributed by atoms with Crippen molar-refractivity contribution in [2.24, 2.45) is 0 Å². The molecule has 0 spiro atoms. The average molecular weight is 376 g/mol. The molecule has 0 aliphatic carbocycles. The van der Waals surface area contributed by atoms with Gasteiger partial charge >= 0.3 is 0 Å². The number of nitrogens with zero attached hydrogens (tertiary/aromatic N) is 2. The molecule has 0 bridgehead atoms. The van der Waals surface area contributed by atoms with Gasteiger partial charge in [-0.25, -0.2) is 9.97 Å². The number of hydrogen-bond acceptors (Lipinski definition) is 4. The van der Waals surface area contributed by atoms with Crippen LogP contribution >= 0.6 is 34.2 Å². The van der Waals surface area contributed by atoms with E-state index in [2.05, 4.69) is 15.3 Å². The number of aromatic hydroxyl groups is 1. The van der Waals surface area contributed by atoms with Crippen LogP contribution in [0, 0.1) is 3.57 Å². The summed E-state index contributed by atoms with van der Waals surface area (Å²) in [6.45, 7) is 0. The number of nitrogens with one attached hydrogen (secondary N) is 1. The van der Waals surface area contributed by atoms with E-state index in [9.17, 15) is 9.90 Å². The number of amides is 1. The topological polar surface area (TPSA) is 75.1 Å². The smallest absolute Gasteiger partial charge is 0.256 e. The fourth-order valence-corrected chi connectivity index (χ4v) is 1.65. The highest BCUT2D eigenvalue weighted by molar-refractivity contribution is 14.1. The predicted octanol–water partition coefficient (Wildman–Crippen LogP) is 2.69. The Hall–Kier alpha value is -1.41. The van der Waals surface area contributed by atoms with Crippen LogP contribution in [0.4, 0.5) is 5.82 Å². The maximum atomic E-state index is 11.8. The maximum absolute atomic E-state index is 11.8. The Balaban J connectivity index is 2.16. The minimum absolute atomic E-state index is 0.0606. The number of rotatable bonds is 2. The fraction of sp³-hybridized carbons (Fsp3) is 0. The number of aromatic nitrogens is 2. The lowest BCUT2D eigenvalue weighted by Gasteiger charge is -2.05. The molecule has 1 aromatic heterocycles. The van der Waals surface area contributed by atoms with Gasteiger partial charge in [-0.05, 0) is 40.8 Å². The van der Waals surface area contributed by atoms with E-state index in [1.54, 1.807) is 12.1 Å². The highest BCUT2D eigenvalue weighted by Crippen LogP contribution is 2.20. The third-order valence-corrected chi connectivity index (χ3v) is 3.18. The summed E-state index contributed by atoms with van der Waals surface area (Å²) in [5.41, 5.74) is 0.338. The van der Waals surface area contributed by atoms with Crippen LogP contribution in [0.3, 0.4) is 0 Å². The fourth-order valence-electron chi connectivity index (χ4n) is 1.22. The third-order valence-electron chi connectivity index (χ3n) is 2.07. The Kier molecular flexibility index (Phi) is 3.97. The van der Waals surface area contributed by atoms with Crippen molar-refractivity contribution in [3.63, 3.8) is 0 Å². The Morgan fingerprint density at radius 3 is 2.72 bits per heavy atom. The second-order valence-corrected chi connectivity index (χ2v) is 4.89. The molecule has 5 nitrogen and oxygen atoms in total. The second kappa shape index (κ2) is 5.49. The summed E-state index contributed by atoms with van der Waals surface area (Å²) in [7, 11) is 0. The molecule has 18 heavy (non-hydrogen) atoms. The van der Waals surface area contributed by atoms with E-state index in [0.29, 0.717) is 15.0 Å². The first-order chi connectivity index (χ1) is 8.56. The molecule has 1 amide bonds. The van der Waals surface area contributed by atoms with Gasteiger partial charge in [-0.2, -0.15) is 0 Å². The highest BCUT2D eigenvalue weighted by Gasteiger charge is 2.09. The van der Waals surface area contributed by atoms with Crippen molar-refractivity contribution < 1.29 is 9.90 Å². The van der Waals surface area contributed by atoms with Crippen molar-refractivity contribution in [3.8, 4) is 5.75 Å². The van der Waals surface area contributed by atoms with Gasteiger partial charge in [0.15, 0.2) is 5.82 Å². The zero-order chi connectivity index (χ0) is 13.1. The summed E-state index contributed by atoms with van der Waals surface area (Å²) in [5, 5.41) is 12.3. The minimum Gasteiger partial charge on any atom is -0.507 e. The van der Waals surface area contributed by atoms with E-state index in [-0.39, 0.29) is 16.8 Å². The summed E-state index contributed by atoms with van der Waals surface area (Å²) < 4.78 is 0.676. The zero-order valence-corrected chi connectivity index (χ0v) is 11.8. The van der Waals surface area contributed by atoms with Gasteiger partial charge in [-0.15, -0.1) is 0 Å². The molecule has 7 heteroatoms. The first-order valence-electron chi connectivity index (χ1n) is 4.83. The van der Waals surface area contributed by atoms with E-state index < -0.39 is 0 Å². The van der Waals surface area contributed by atoms with Crippen molar-refractivity contribution in [2.75, 3.05) is 5.32 Å². The molecule has 1 aromatic carbocycles. The number of benzene rings is 1. The van der Waals surface area contributed by atoms with Crippen molar-refractivity contribution in [3.05, 3.63) is 44.9 Å². The molecule has 0 saturated heterocycles. The quantitative estimate of drug-likeness (QED) is 0.792. The second-order valence-electron chi connectivity index (χ2n) is 3.34. The minimum atomic E-state index is -0.377. The van der Waals surface area contributed by atoms with Crippen LogP contribution in [0.25, 0.3) is 0 Å². The lowest BCUT2D eigenvalue weighted by atomic mass is 10.2. The normalized spacial score (nSPS) is 10.1. The van der Waals surface area contributed by atoms with Crippen LogP contribution < -0.4 is 5.32 Å². The van der Waals surface area contributed by atoms with Gasteiger partial charge in [0.25, 0.3) is 5.91 Å². The van der Waals surface area contributed by atoms with E-state index in [1.165, 1.54) is 18.5 Å². The van der Waals surface area contributed by atoms with Crippen LogP contribution in [0.5, 0.6) is 5.75 Å². The standard InChI is InChI=1S/C11H7ClIN3O2/c12-9-4-15-10(5-14-9)16-11(18)6-1-2-7(13)8(17)3-6/h1-5,17H,(H,15,16,18). The number of halogens is 2. The van der Waals surface area contributed by atoms with E-state index in [4.69, 9.17) is 11.6 Å². The lowest BCUT2D eigenvalue weighted by molar-refractivity contribution is 0.102. The summed E-state index contributed by atoms with van der Waals surface area (Å²) in [4.78, 5) is 19.5. The number of phenols is 1. The first kappa shape index (κ1) is 13.0. The van der Waals surface area contributed by atoms with Gasteiger partial charge in [0.1, 0.15) is 10.9 Å². The molecule has 0 saturated carbocycles. The number of carbonyl (C=O) groups is 1. The number of carbonyl (C=O) groups excluding carboxylic acids is 1. The van der Waals surface area contributed by atoms with Gasteiger partial charge in [-0.3, -0.25) is 4.79 Å². The van der Waals surface area contributed by atoms with Gasteiger partial charge in [0.05, 0.1) is 16.0 Å². The molecule has 2 N–H and O–H groups in total. The predicted molar refractivity (Wildman–Crippen MR) is 75.8 cm³/mol. The molecular formula is C11H7ClIN3O2. The molecular weight excluding hydrogens is 368 g/mol. The van der Waals surface area contributed by atoms with Crippen molar-refractivity contribution in [2.45, 2.75) is 0 Å². The Morgan fingerprint density at radius 2 is 2.11 bits per heavy atom. The van der Waals surface area contributed by atoms with E-state index in [0.717, 1.165) is 0 Å². The average Bonchev–Trinajstić information content (AvgIpc) is 2.35. The maximum Gasteiger partial charge on any atom is 0.256 e. The first-order valence-corrected chi connectivity index (χ1v) is 6.29. The van der Waals surface area contributed by atoms with Crippen LogP contribution in [0.15, 0.2) is 30.6 Å². The van der Waals surface area contributed by atoms with Crippen LogP contribution in [0.1, 0.15) is 10.4 Å². The van der Waals surface area contributed by atoms with Gasteiger partial charge in [0, 0.05) is 5.56 Å². The summed E-state index contributed by atoms with van der Waals surface area (Å²) >= 11 is 7.56. The number of hydrogen-bond donors (Lipinski definition) is 2. The molecule has 0 aliphatic heterocycles. The van der Waals surface area contributed by atoms with Crippen LogP contribution in [-0.2, 0) is 0 Å². The molecule has 2 aromatic rings. The molecule has 92 valence electrons. The van der Waals surface area contributed by atoms with Gasteiger partial charge in [0.2, 0.25) is 0 Å². The molecule has 1 heterocycles. The molecule has 2 rings (SSSR count). The Labute approximate surface area is 121 Å². The number of anilines is 1. The van der Waals surface area contributed by atoms with Crippen molar-refractivity contribution >= 4 is 45.9 Å². The third kappa shape index (κ3) is 3.08. The summed E-state index contributed by atoms with van der Waals surface area (Å²) in [6.07, 6.45) is 2.69. The van der Waals surface area contributed by atoms with Crippen LogP contribution in [0.2, 0.25) is 5.15 Å². The molecule has 0 atom stereocenters. The SMILES string of the molecule is O=C(Nc1cnc(Cl)cn1)c1ccc(I)c(O)c1. The summed E-state index contributed by atoms with van der Waals surface area (Å²) in [6, 6.07) is 4.65. The molecule has 0 radical (unpaired) electrons. The van der Waals surface area contributed by atoms with Gasteiger partial charge < -0.3 is 10.4 Å². The Bertz CT molecular complexity index is 589. The summed E-state index contributed by atoms with van der Waals surface area (Å²) in [5.74, 6) is -0.0220. The largest absolute Gasteiger partial charge is 0.507 e. The molecule has 0 fully saturated rings. The van der Waals surface area contributed by atoms with Gasteiger partial charge in [-0.1, -0.05) is 11.6 Å². The number of phenolic OH excluding ortho intramolecular Hbond substituents is 1. The van der Waals surface area contributed by atoms with E-state index >= 15 is 0 Å². The Morgan fingerprint density at radius 1 is 1.33 bits per heavy atom. The molecule has 0 aliphatic rings. The highest BCUT2D eigenvalue weighted by atomic mass is 127. The monoisotopic (exact) mass is 375 g/mol. The van der Waals surface area contributed by atoms with Crippen LogP contribution in [-0.4, -0.2) is 21.0 Å². The van der Waals surface area contributed by atoms with Crippen molar-refractivity contribution in [1.82, 2.24) is 9.97 Å². The molecule has 0 unspecified atom stereocenters. The lowest BCUT2D eigenvalue weighted by Crippen LogP contribution is -2.13. The van der Waals surface area contributed by atoms with Crippen molar-refractivity contribution in [1.29, 1.82) is 0 Å².